The Morgan fingerprint density at radius 3 is 2.68 bits per heavy atom. The molecule has 4 nitrogen and oxygen atoms in total. The van der Waals surface area contributed by atoms with Crippen LogP contribution in [-0.2, 0) is 13.5 Å². The monoisotopic (exact) mass is 350 g/mol. The van der Waals surface area contributed by atoms with Crippen LogP contribution in [0.4, 0.5) is 0 Å². The Labute approximate surface area is 150 Å². The number of amides is 1. The van der Waals surface area contributed by atoms with Gasteiger partial charge in [0.25, 0.3) is 5.91 Å². The minimum Gasteiger partial charge on any atom is -0.327 e. The number of rotatable bonds is 2. The van der Waals surface area contributed by atoms with Gasteiger partial charge in [-0.1, -0.05) is 30.3 Å². The number of fused-ring (bicyclic) bond motifs is 1. The van der Waals surface area contributed by atoms with E-state index in [1.807, 2.05) is 23.1 Å². The molecule has 2 aromatic heterocycles. The number of hydrogen-bond donors (Lipinski definition) is 0. The molecule has 0 unspecified atom stereocenters. The zero-order valence-electron chi connectivity index (χ0n) is 13.9. The summed E-state index contributed by atoms with van der Waals surface area (Å²) in [5.41, 5.74) is 2.75. The summed E-state index contributed by atoms with van der Waals surface area (Å²) in [5, 5.41) is 2.10. The maximum atomic E-state index is 13.2. The highest BCUT2D eigenvalue weighted by molar-refractivity contribution is 7.10. The van der Waals surface area contributed by atoms with Gasteiger partial charge in [0.05, 0.1) is 11.6 Å². The van der Waals surface area contributed by atoms with Crippen LogP contribution in [-0.4, -0.2) is 21.9 Å². The predicted molar refractivity (Wildman–Crippen MR) is 99.0 cm³/mol. The van der Waals surface area contributed by atoms with E-state index in [-0.39, 0.29) is 17.5 Å². The highest BCUT2D eigenvalue weighted by atomic mass is 32.1. The molecule has 1 atom stereocenters. The van der Waals surface area contributed by atoms with Gasteiger partial charge in [-0.2, -0.15) is 0 Å². The molecule has 1 aromatic carbocycles. The molecule has 0 saturated heterocycles. The average molecular weight is 350 g/mol. The highest BCUT2D eigenvalue weighted by Crippen LogP contribution is 2.38. The van der Waals surface area contributed by atoms with Crippen LogP contribution in [0.1, 0.15) is 32.4 Å². The van der Waals surface area contributed by atoms with Crippen LogP contribution >= 0.6 is 11.3 Å². The summed E-state index contributed by atoms with van der Waals surface area (Å²) in [4.78, 5) is 28.1. The highest BCUT2D eigenvalue weighted by Gasteiger charge is 2.33. The first-order valence-corrected chi connectivity index (χ1v) is 9.12. The van der Waals surface area contributed by atoms with E-state index < -0.39 is 0 Å². The largest absolute Gasteiger partial charge is 0.327 e. The molecule has 0 bridgehead atoms. The summed E-state index contributed by atoms with van der Waals surface area (Å²) in [6.07, 6.45) is 2.49. The summed E-state index contributed by atoms with van der Waals surface area (Å²) < 4.78 is 1.45. The molecule has 0 N–H and O–H groups in total. The van der Waals surface area contributed by atoms with Gasteiger partial charge in [-0.05, 0) is 35.1 Å². The molecule has 0 aliphatic carbocycles. The fourth-order valence-corrected chi connectivity index (χ4v) is 4.32. The van der Waals surface area contributed by atoms with Crippen molar-refractivity contribution < 1.29 is 4.79 Å². The number of thiophene rings is 1. The van der Waals surface area contributed by atoms with Crippen LogP contribution in [0.2, 0.25) is 0 Å². The van der Waals surface area contributed by atoms with Crippen LogP contribution < -0.4 is 5.56 Å². The van der Waals surface area contributed by atoms with E-state index in [4.69, 9.17) is 0 Å². The van der Waals surface area contributed by atoms with Crippen LogP contribution in [0, 0.1) is 0 Å². The topological polar surface area (TPSA) is 42.3 Å². The van der Waals surface area contributed by atoms with E-state index in [2.05, 4.69) is 23.6 Å². The van der Waals surface area contributed by atoms with Crippen molar-refractivity contribution in [2.24, 2.45) is 7.05 Å². The molecule has 0 fully saturated rings. The first-order chi connectivity index (χ1) is 12.1. The van der Waals surface area contributed by atoms with Gasteiger partial charge >= 0.3 is 0 Å². The molecule has 0 spiro atoms. The third-order valence-corrected chi connectivity index (χ3v) is 5.67. The lowest BCUT2D eigenvalue weighted by Crippen LogP contribution is -2.40. The third kappa shape index (κ3) is 2.81. The first-order valence-electron chi connectivity index (χ1n) is 8.24. The Morgan fingerprint density at radius 1 is 1.12 bits per heavy atom. The smallest absolute Gasteiger partial charge is 0.256 e. The van der Waals surface area contributed by atoms with Crippen molar-refractivity contribution in [1.29, 1.82) is 0 Å². The maximum absolute atomic E-state index is 13.2. The van der Waals surface area contributed by atoms with Crippen LogP contribution in [0.25, 0.3) is 0 Å². The third-order valence-electron chi connectivity index (χ3n) is 4.67. The summed E-state index contributed by atoms with van der Waals surface area (Å²) in [5.74, 6) is -0.0405. The van der Waals surface area contributed by atoms with E-state index in [1.54, 1.807) is 30.6 Å². The van der Waals surface area contributed by atoms with Gasteiger partial charge in [0.15, 0.2) is 0 Å². The van der Waals surface area contributed by atoms with E-state index >= 15 is 0 Å². The van der Waals surface area contributed by atoms with Gasteiger partial charge in [-0.25, -0.2) is 0 Å². The zero-order chi connectivity index (χ0) is 17.4. The SMILES string of the molecule is Cn1cc(C(=O)N2CCc3sccc3[C@H]2c2ccccc2)ccc1=O. The average Bonchev–Trinajstić information content (AvgIpc) is 3.12. The lowest BCUT2D eigenvalue weighted by Gasteiger charge is -2.36. The molecule has 0 saturated carbocycles. The van der Waals surface area contributed by atoms with Crippen molar-refractivity contribution in [2.45, 2.75) is 12.5 Å². The lowest BCUT2D eigenvalue weighted by atomic mass is 9.92. The molecular weight excluding hydrogens is 332 g/mol. The molecule has 1 aliphatic heterocycles. The minimum atomic E-state index is -0.116. The van der Waals surface area contributed by atoms with Gasteiger partial charge < -0.3 is 9.47 Å². The lowest BCUT2D eigenvalue weighted by molar-refractivity contribution is 0.0695. The Hall–Kier alpha value is -2.66. The van der Waals surface area contributed by atoms with E-state index in [9.17, 15) is 9.59 Å². The predicted octanol–water partition coefficient (Wildman–Crippen LogP) is 3.23. The molecule has 0 radical (unpaired) electrons. The Balaban J connectivity index is 1.78. The second-order valence-corrected chi connectivity index (χ2v) is 7.23. The number of benzene rings is 1. The van der Waals surface area contributed by atoms with Gasteiger partial charge in [0, 0.05) is 30.7 Å². The van der Waals surface area contributed by atoms with E-state index in [0.717, 1.165) is 12.0 Å². The molecule has 126 valence electrons. The van der Waals surface area contributed by atoms with Gasteiger partial charge in [-0.3, -0.25) is 9.59 Å². The molecule has 3 heterocycles. The van der Waals surface area contributed by atoms with Gasteiger partial charge in [-0.15, -0.1) is 11.3 Å². The number of aromatic nitrogens is 1. The molecular formula is C20H18N2O2S. The molecule has 4 rings (SSSR count). The first kappa shape index (κ1) is 15.8. The number of aryl methyl sites for hydroxylation is 1. The van der Waals surface area contributed by atoms with Gasteiger partial charge in [0.1, 0.15) is 0 Å². The van der Waals surface area contributed by atoms with Crippen molar-refractivity contribution in [3.8, 4) is 0 Å². The fourth-order valence-electron chi connectivity index (χ4n) is 3.42. The van der Waals surface area contributed by atoms with Crippen molar-refractivity contribution in [2.75, 3.05) is 6.54 Å². The summed E-state index contributed by atoms with van der Waals surface area (Å²) >= 11 is 1.75. The number of nitrogens with zero attached hydrogens (tertiary/aromatic N) is 2. The Kier molecular flexibility index (Phi) is 4.01. The number of pyridine rings is 1. The molecule has 3 aromatic rings. The fraction of sp³-hybridized carbons (Fsp3) is 0.200. The van der Waals surface area contributed by atoms with E-state index in [1.165, 1.54) is 21.1 Å². The van der Waals surface area contributed by atoms with Crippen LogP contribution in [0.15, 0.2) is 64.9 Å². The second kappa shape index (κ2) is 6.33. The van der Waals surface area contributed by atoms with Crippen molar-refractivity contribution in [1.82, 2.24) is 9.47 Å². The normalized spacial score (nSPS) is 16.5. The standard InChI is InChI=1S/C20H18N2O2S/c1-21-13-15(7-8-18(21)23)20(24)22-11-9-17-16(10-12-25-17)19(22)14-5-3-2-4-6-14/h2-8,10,12-13,19H,9,11H2,1H3/t19-/m1/s1. The summed E-state index contributed by atoms with van der Waals surface area (Å²) in [6, 6.07) is 15.2. The summed E-state index contributed by atoms with van der Waals surface area (Å²) in [7, 11) is 1.67. The molecule has 1 amide bonds. The van der Waals surface area contributed by atoms with Crippen LogP contribution in [0.3, 0.4) is 0 Å². The number of hydrogen-bond acceptors (Lipinski definition) is 3. The minimum absolute atomic E-state index is 0.0405. The Morgan fingerprint density at radius 2 is 1.92 bits per heavy atom. The van der Waals surface area contributed by atoms with Gasteiger partial charge in [0.2, 0.25) is 5.56 Å². The van der Waals surface area contributed by atoms with Crippen molar-refractivity contribution >= 4 is 17.2 Å². The van der Waals surface area contributed by atoms with Crippen molar-refractivity contribution in [3.63, 3.8) is 0 Å². The Bertz CT molecular complexity index is 975. The van der Waals surface area contributed by atoms with Crippen molar-refractivity contribution in [3.05, 3.63) is 92.0 Å². The molecule has 25 heavy (non-hydrogen) atoms. The maximum Gasteiger partial charge on any atom is 0.256 e. The zero-order valence-corrected chi connectivity index (χ0v) is 14.7. The van der Waals surface area contributed by atoms with Crippen LogP contribution in [0.5, 0.6) is 0 Å². The second-order valence-electron chi connectivity index (χ2n) is 6.23. The molecule has 1 aliphatic rings. The van der Waals surface area contributed by atoms with E-state index in [0.29, 0.717) is 12.1 Å². The number of carbonyl (C=O) groups is 1. The quantitative estimate of drug-likeness (QED) is 0.712. The molecule has 5 heteroatoms. The summed E-state index contributed by atoms with van der Waals surface area (Å²) in [6.45, 7) is 0.675. The number of carbonyl (C=O) groups excluding carboxylic acids is 1.